The molecule has 0 atom stereocenters. The molecule has 11 nitrogen and oxygen atoms in total. The van der Waals surface area contributed by atoms with Crippen LogP contribution >= 0.6 is 11.6 Å². The molecule has 2 saturated carbocycles. The Balaban J connectivity index is 0.000000473. The molecule has 1 spiro atoms. The van der Waals surface area contributed by atoms with Gasteiger partial charge in [0.2, 0.25) is 0 Å². The second-order valence-electron chi connectivity index (χ2n) is 13.5. The van der Waals surface area contributed by atoms with Crippen molar-refractivity contribution in [2.24, 2.45) is 0 Å². The molecule has 1 aromatic carbocycles. The van der Waals surface area contributed by atoms with Gasteiger partial charge in [-0.05, 0) is 50.9 Å². The van der Waals surface area contributed by atoms with Gasteiger partial charge in [0.05, 0.1) is 41.0 Å². The number of ether oxygens (including phenoxy) is 3. The number of H-pyrrole nitrogens is 1. The fourth-order valence-electron chi connectivity index (χ4n) is 7.46. The maximum atomic E-state index is 16.5. The Bertz CT molecular complexity index is 1710. The minimum Gasteiger partial charge on any atom is -0.461 e. The highest BCUT2D eigenvalue weighted by molar-refractivity contribution is 6.31. The van der Waals surface area contributed by atoms with E-state index in [4.69, 9.17) is 26.1 Å². The summed E-state index contributed by atoms with van der Waals surface area (Å²) in [5.74, 6) is 0.00287. The lowest BCUT2D eigenvalue weighted by Crippen LogP contribution is -2.60. The van der Waals surface area contributed by atoms with E-state index in [1.54, 1.807) is 38.7 Å². The fraction of sp³-hybridized carbons (Fsp3) is 0.611. The number of hydrogen-bond donors (Lipinski definition) is 2. The molecule has 266 valence electrons. The lowest BCUT2D eigenvalue weighted by Gasteiger charge is -2.51. The zero-order chi connectivity index (χ0) is 34.6. The van der Waals surface area contributed by atoms with Crippen molar-refractivity contribution >= 4 is 39.2 Å². The van der Waals surface area contributed by atoms with E-state index in [0.717, 1.165) is 38.8 Å². The number of anilines is 1. The third kappa shape index (κ3) is 7.49. The smallest absolute Gasteiger partial charge is 0.319 e. The topological polar surface area (TPSA) is 122 Å². The van der Waals surface area contributed by atoms with Crippen LogP contribution < -0.4 is 9.64 Å². The Morgan fingerprint density at radius 3 is 2.41 bits per heavy atom. The van der Waals surface area contributed by atoms with Gasteiger partial charge >= 0.3 is 6.01 Å². The van der Waals surface area contributed by atoms with Crippen LogP contribution in [0.25, 0.3) is 33.1 Å². The highest BCUT2D eigenvalue weighted by atomic mass is 35.5. The van der Waals surface area contributed by atoms with E-state index in [1.807, 2.05) is 13.8 Å². The second kappa shape index (κ2) is 15.4. The van der Waals surface area contributed by atoms with E-state index in [0.29, 0.717) is 71.8 Å². The molecule has 3 aliphatic heterocycles. The van der Waals surface area contributed by atoms with Crippen LogP contribution in [0.15, 0.2) is 24.5 Å². The summed E-state index contributed by atoms with van der Waals surface area (Å²) in [5, 5.41) is 18.7. The first-order valence-corrected chi connectivity index (χ1v) is 18.1. The minimum atomic E-state index is -0.565. The van der Waals surface area contributed by atoms with Crippen molar-refractivity contribution in [3.05, 3.63) is 35.4 Å². The van der Waals surface area contributed by atoms with Gasteiger partial charge in [0, 0.05) is 62.3 Å². The number of nitrogens with one attached hydrogen (secondary N) is 1. The van der Waals surface area contributed by atoms with E-state index < -0.39 is 11.4 Å². The van der Waals surface area contributed by atoms with Gasteiger partial charge in [-0.15, -0.1) is 0 Å². The molecular formula is C36H49ClFN7O4. The number of aromatic nitrogens is 5. The van der Waals surface area contributed by atoms with Gasteiger partial charge in [0.25, 0.3) is 0 Å². The SMILES string of the molecule is C1CC1.CC.COC.OC1CC2(C1)CN(c1nc(OCC34CCCN3CCC4)nc3c(F)c(-c4cc(Cl)cc5[nH]ncc45)ncc13)CCO2. The number of aliphatic hydroxyl groups is 1. The number of benzene rings is 1. The lowest BCUT2D eigenvalue weighted by molar-refractivity contribution is -0.159. The van der Waals surface area contributed by atoms with Gasteiger partial charge in [-0.2, -0.15) is 15.1 Å². The molecule has 6 heterocycles. The van der Waals surface area contributed by atoms with Crippen molar-refractivity contribution in [1.29, 1.82) is 0 Å². The number of pyridine rings is 1. The first-order chi connectivity index (χ1) is 23.8. The summed E-state index contributed by atoms with van der Waals surface area (Å²) < 4.78 is 33.2. The number of nitrogens with zero attached hydrogens (tertiary/aromatic N) is 6. The second-order valence-corrected chi connectivity index (χ2v) is 13.9. The predicted molar refractivity (Wildman–Crippen MR) is 190 cm³/mol. The normalized spacial score (nSPS) is 23.5. The lowest BCUT2D eigenvalue weighted by atomic mass is 9.76. The molecule has 0 bridgehead atoms. The summed E-state index contributed by atoms with van der Waals surface area (Å²) in [6.07, 6.45) is 13.0. The van der Waals surface area contributed by atoms with Crippen molar-refractivity contribution in [3.63, 3.8) is 0 Å². The molecule has 9 rings (SSSR count). The Morgan fingerprint density at radius 2 is 1.73 bits per heavy atom. The number of hydrogen-bond acceptors (Lipinski definition) is 10. The van der Waals surface area contributed by atoms with Gasteiger partial charge in [0.15, 0.2) is 5.82 Å². The molecule has 0 radical (unpaired) electrons. The van der Waals surface area contributed by atoms with Crippen LogP contribution in [0.3, 0.4) is 0 Å². The van der Waals surface area contributed by atoms with Gasteiger partial charge in [-0.3, -0.25) is 15.0 Å². The summed E-state index contributed by atoms with van der Waals surface area (Å²) in [5.41, 5.74) is 1.08. The molecule has 2 aliphatic carbocycles. The zero-order valence-corrected chi connectivity index (χ0v) is 29.9. The predicted octanol–water partition coefficient (Wildman–Crippen LogP) is 6.56. The maximum absolute atomic E-state index is 16.5. The van der Waals surface area contributed by atoms with Gasteiger partial charge < -0.3 is 24.2 Å². The first kappa shape index (κ1) is 35.7. The first-order valence-electron chi connectivity index (χ1n) is 17.7. The van der Waals surface area contributed by atoms with E-state index in [1.165, 1.54) is 19.3 Å². The van der Waals surface area contributed by atoms with Crippen LogP contribution in [0.2, 0.25) is 5.02 Å². The van der Waals surface area contributed by atoms with Crippen LogP contribution in [-0.4, -0.2) is 106 Å². The van der Waals surface area contributed by atoms with E-state index in [-0.39, 0.29) is 28.9 Å². The summed E-state index contributed by atoms with van der Waals surface area (Å²) in [4.78, 5) is 18.7. The highest BCUT2D eigenvalue weighted by Gasteiger charge is 2.48. The van der Waals surface area contributed by atoms with Crippen LogP contribution in [0, 0.1) is 5.82 Å². The fourth-order valence-corrected chi connectivity index (χ4v) is 7.68. The number of rotatable bonds is 5. The molecule has 49 heavy (non-hydrogen) atoms. The molecule has 3 aromatic heterocycles. The number of fused-ring (bicyclic) bond motifs is 3. The molecule has 13 heteroatoms. The van der Waals surface area contributed by atoms with Crippen LogP contribution in [0.1, 0.15) is 71.6 Å². The maximum Gasteiger partial charge on any atom is 0.319 e. The number of aliphatic hydroxyl groups excluding tert-OH is 1. The Hall–Kier alpha value is -3.16. The summed E-state index contributed by atoms with van der Waals surface area (Å²) in [7, 11) is 3.25. The molecule has 2 N–H and O–H groups in total. The van der Waals surface area contributed by atoms with Crippen LogP contribution in [0.4, 0.5) is 10.2 Å². The Kier molecular flexibility index (Phi) is 11.2. The van der Waals surface area contributed by atoms with Gasteiger partial charge in [-0.25, -0.2) is 4.39 Å². The third-order valence-corrected chi connectivity index (χ3v) is 10.0. The number of methoxy groups -OCH3 is 1. The summed E-state index contributed by atoms with van der Waals surface area (Å²) in [6, 6.07) is 3.60. The number of halogens is 2. The largest absolute Gasteiger partial charge is 0.461 e. The Labute approximate surface area is 292 Å². The average molecular weight is 698 g/mol. The number of aromatic amines is 1. The number of morpholine rings is 1. The third-order valence-electron chi connectivity index (χ3n) is 9.82. The van der Waals surface area contributed by atoms with Crippen LogP contribution in [0.5, 0.6) is 6.01 Å². The van der Waals surface area contributed by atoms with E-state index in [9.17, 15) is 5.11 Å². The molecular weight excluding hydrogens is 649 g/mol. The Morgan fingerprint density at radius 1 is 1.02 bits per heavy atom. The summed E-state index contributed by atoms with van der Waals surface area (Å²) >= 11 is 6.37. The van der Waals surface area contributed by atoms with Crippen LogP contribution in [-0.2, 0) is 9.47 Å². The van der Waals surface area contributed by atoms with Crippen molar-refractivity contribution in [2.45, 2.75) is 88.9 Å². The standard InChI is InChI=1S/C29H31ClFN7O3.C3H6.C2H6O.C2H6/c30-17-9-19(20-14-33-36-22(20)10-17)24-23(31)25-21(13-32-24)26(37-7-8-41-29(15-37)11-18(39)12-29)35-27(34-25)40-16-28-3-1-5-38(28)6-2-4-28;1-2-3-1;1-3-2;1-2/h9-10,13-14,18,39H,1-8,11-12,15-16H2,(H,33,36);1-3H2;1-2H3;1-2H3. The highest BCUT2D eigenvalue weighted by Crippen LogP contribution is 2.42. The van der Waals surface area contributed by atoms with Crippen molar-refractivity contribution in [1.82, 2.24) is 30.0 Å². The van der Waals surface area contributed by atoms with Gasteiger partial charge in [-0.1, -0.05) is 44.7 Å². The molecule has 5 aliphatic rings. The molecule has 3 saturated heterocycles. The van der Waals surface area contributed by atoms with Gasteiger partial charge in [0.1, 0.15) is 23.6 Å². The monoisotopic (exact) mass is 697 g/mol. The van der Waals surface area contributed by atoms with Crippen molar-refractivity contribution in [3.8, 4) is 17.3 Å². The molecule has 4 aromatic rings. The van der Waals surface area contributed by atoms with E-state index >= 15 is 4.39 Å². The van der Waals surface area contributed by atoms with Crippen molar-refractivity contribution in [2.75, 3.05) is 58.5 Å². The van der Waals surface area contributed by atoms with Crippen molar-refractivity contribution < 1.29 is 23.7 Å². The molecule has 5 fully saturated rings. The zero-order valence-electron chi connectivity index (χ0n) is 29.1. The van der Waals surface area contributed by atoms with E-state index in [2.05, 4.69) is 34.7 Å². The molecule has 0 unspecified atom stereocenters. The average Bonchev–Trinajstić information content (AvgIpc) is 3.66. The quantitative estimate of drug-likeness (QED) is 0.237. The summed E-state index contributed by atoms with van der Waals surface area (Å²) in [6.45, 7) is 8.25. The minimum absolute atomic E-state index is 0.000797. The molecule has 0 amide bonds.